The third kappa shape index (κ3) is 8.26. The highest BCUT2D eigenvalue weighted by Crippen LogP contribution is 2.24. The highest BCUT2D eigenvalue weighted by Gasteiger charge is 2.50. The molecule has 0 amide bonds. The Bertz CT molecular complexity index is 299. The van der Waals surface area contributed by atoms with Gasteiger partial charge in [-0.1, -0.05) is 6.58 Å². The summed E-state index contributed by atoms with van der Waals surface area (Å²) in [6.07, 6.45) is 2.41. The van der Waals surface area contributed by atoms with Gasteiger partial charge in [-0.3, -0.25) is 0 Å². The summed E-state index contributed by atoms with van der Waals surface area (Å²) in [4.78, 5) is 0. The highest BCUT2D eigenvalue weighted by atomic mass is 28.5. The van der Waals surface area contributed by atoms with E-state index in [2.05, 4.69) is 19.7 Å². The van der Waals surface area contributed by atoms with Crippen molar-refractivity contribution in [3.05, 3.63) is 12.8 Å². The Morgan fingerprint density at radius 1 is 0.905 bits per heavy atom. The van der Waals surface area contributed by atoms with Crippen LogP contribution in [0.5, 0.6) is 0 Å². The number of rotatable bonds is 12. The van der Waals surface area contributed by atoms with Gasteiger partial charge in [0.15, 0.2) is 8.32 Å². The molecule has 0 aliphatic carbocycles. The number of ether oxygens (including phenoxy) is 1. The normalized spacial score (nSPS) is 13.3. The molecule has 0 aliphatic rings. The maximum Gasteiger partial charge on any atom is 0.669 e. The fourth-order valence-electron chi connectivity index (χ4n) is 2.08. The summed E-state index contributed by atoms with van der Waals surface area (Å²) in [6, 6.07) is 0.988. The van der Waals surface area contributed by atoms with Gasteiger partial charge >= 0.3 is 17.6 Å². The minimum atomic E-state index is -3.08. The molecule has 0 N–H and O–H groups in total. The van der Waals surface area contributed by atoms with Crippen LogP contribution >= 0.6 is 0 Å². The minimum absolute atomic E-state index is 0.666. The van der Waals surface area contributed by atoms with E-state index >= 15 is 0 Å². The molecule has 21 heavy (non-hydrogen) atoms. The smallest absolute Gasteiger partial charge is 0.502 e. The van der Waals surface area contributed by atoms with Gasteiger partial charge in [0, 0.05) is 21.3 Å². The summed E-state index contributed by atoms with van der Waals surface area (Å²) in [5, 5.41) is 0. The lowest BCUT2D eigenvalue weighted by Crippen LogP contribution is -2.58. The second-order valence-electron chi connectivity index (χ2n) is 5.62. The van der Waals surface area contributed by atoms with Crippen LogP contribution in [0.25, 0.3) is 0 Å². The van der Waals surface area contributed by atoms with Crippen molar-refractivity contribution >= 4 is 25.9 Å². The second kappa shape index (κ2) is 9.20. The van der Waals surface area contributed by atoms with Crippen molar-refractivity contribution in [2.45, 2.75) is 38.7 Å². The molecular weight excluding hydrogens is 324 g/mol. The van der Waals surface area contributed by atoms with E-state index in [-0.39, 0.29) is 0 Å². The van der Waals surface area contributed by atoms with Crippen LogP contribution in [-0.2, 0) is 26.2 Å². The fraction of sp³-hybridized carbons (Fsp3) is 0.833. The molecular formula is C12H30O6Si3. The standard InChI is InChI=1S/C12H30O6Si3/c1-9-16-11-10-12-19(5,6)17-20(7,8)18-21(13-2,14-3)15-4/h9H,1,10-12H2,2-8H3. The first kappa shape index (κ1) is 21.0. The van der Waals surface area contributed by atoms with Crippen LogP contribution in [0.1, 0.15) is 6.42 Å². The number of hydrogen-bond donors (Lipinski definition) is 0. The average Bonchev–Trinajstić information content (AvgIpc) is 2.40. The van der Waals surface area contributed by atoms with Crippen molar-refractivity contribution < 1.29 is 26.2 Å². The third-order valence-electron chi connectivity index (χ3n) is 2.80. The van der Waals surface area contributed by atoms with Crippen molar-refractivity contribution in [3.63, 3.8) is 0 Å². The maximum atomic E-state index is 6.34. The first-order chi connectivity index (χ1) is 9.66. The molecule has 0 saturated carbocycles. The molecule has 0 aromatic rings. The molecule has 0 aliphatic heterocycles. The Morgan fingerprint density at radius 2 is 1.43 bits per heavy atom. The molecule has 0 aromatic carbocycles. The van der Waals surface area contributed by atoms with Gasteiger partial charge in [-0.05, 0) is 38.7 Å². The first-order valence-corrected chi connectivity index (χ1v) is 14.5. The molecule has 6 nitrogen and oxygen atoms in total. The van der Waals surface area contributed by atoms with Crippen molar-refractivity contribution in [3.8, 4) is 0 Å². The molecule has 0 bridgehead atoms. The van der Waals surface area contributed by atoms with E-state index < -0.39 is 25.9 Å². The quantitative estimate of drug-likeness (QED) is 0.305. The Kier molecular flexibility index (Phi) is 9.20. The van der Waals surface area contributed by atoms with Crippen LogP contribution in [0, 0.1) is 0 Å². The fourth-order valence-corrected chi connectivity index (χ4v) is 13.3. The zero-order chi connectivity index (χ0) is 16.6. The number of hydrogen-bond acceptors (Lipinski definition) is 6. The summed E-state index contributed by atoms with van der Waals surface area (Å²) < 4.78 is 33.4. The third-order valence-corrected chi connectivity index (χ3v) is 13.0. The summed E-state index contributed by atoms with van der Waals surface area (Å²) in [6.45, 7) is 12.5. The molecule has 0 saturated heterocycles. The van der Waals surface area contributed by atoms with Crippen LogP contribution in [0.2, 0.25) is 32.2 Å². The van der Waals surface area contributed by atoms with Crippen LogP contribution in [0.15, 0.2) is 12.8 Å². The Balaban J connectivity index is 4.58. The van der Waals surface area contributed by atoms with E-state index in [1.165, 1.54) is 27.6 Å². The monoisotopic (exact) mass is 354 g/mol. The summed E-state index contributed by atoms with van der Waals surface area (Å²) in [7, 11) is -2.76. The predicted molar refractivity (Wildman–Crippen MR) is 89.5 cm³/mol. The maximum absolute atomic E-state index is 6.34. The van der Waals surface area contributed by atoms with Crippen LogP contribution < -0.4 is 0 Å². The average molecular weight is 355 g/mol. The van der Waals surface area contributed by atoms with Crippen LogP contribution in [-0.4, -0.2) is 53.9 Å². The van der Waals surface area contributed by atoms with E-state index in [0.717, 1.165) is 12.5 Å². The molecule has 126 valence electrons. The van der Waals surface area contributed by atoms with Gasteiger partial charge in [0.05, 0.1) is 12.9 Å². The lowest BCUT2D eigenvalue weighted by atomic mass is 10.5. The Labute approximate surface area is 132 Å². The van der Waals surface area contributed by atoms with Gasteiger partial charge in [-0.25, -0.2) is 0 Å². The molecule has 0 heterocycles. The molecule has 0 fully saturated rings. The van der Waals surface area contributed by atoms with Crippen LogP contribution in [0.3, 0.4) is 0 Å². The van der Waals surface area contributed by atoms with E-state index in [4.69, 9.17) is 26.2 Å². The highest BCUT2D eigenvalue weighted by molar-refractivity contribution is 6.85. The van der Waals surface area contributed by atoms with Gasteiger partial charge in [-0.2, -0.15) is 0 Å². The topological polar surface area (TPSA) is 55.4 Å². The van der Waals surface area contributed by atoms with E-state index in [9.17, 15) is 0 Å². The molecule has 0 aromatic heterocycles. The van der Waals surface area contributed by atoms with Gasteiger partial charge < -0.3 is 26.2 Å². The molecule has 0 rings (SSSR count). The summed E-state index contributed by atoms with van der Waals surface area (Å²) in [5.41, 5.74) is 0. The predicted octanol–water partition coefficient (Wildman–Crippen LogP) is 2.85. The van der Waals surface area contributed by atoms with Gasteiger partial charge in [0.2, 0.25) is 0 Å². The Morgan fingerprint density at radius 3 is 1.86 bits per heavy atom. The molecule has 0 spiro atoms. The summed E-state index contributed by atoms with van der Waals surface area (Å²) >= 11 is 0. The van der Waals surface area contributed by atoms with Crippen molar-refractivity contribution in [2.75, 3.05) is 27.9 Å². The van der Waals surface area contributed by atoms with E-state index in [0.29, 0.717) is 6.61 Å². The second-order valence-corrected chi connectivity index (χ2v) is 16.3. The zero-order valence-electron chi connectivity index (χ0n) is 14.4. The van der Waals surface area contributed by atoms with Crippen molar-refractivity contribution in [1.29, 1.82) is 0 Å². The van der Waals surface area contributed by atoms with E-state index in [1.807, 2.05) is 13.1 Å². The SMILES string of the molecule is C=COCCC[Si](C)(C)O[Si](C)(C)O[Si](OC)(OC)OC. The molecule has 0 radical (unpaired) electrons. The van der Waals surface area contributed by atoms with Crippen molar-refractivity contribution in [1.82, 2.24) is 0 Å². The van der Waals surface area contributed by atoms with Crippen LogP contribution in [0.4, 0.5) is 0 Å². The van der Waals surface area contributed by atoms with Gasteiger partial charge in [0.1, 0.15) is 0 Å². The summed E-state index contributed by atoms with van der Waals surface area (Å²) in [5.74, 6) is 0. The Hall–Kier alpha value is -0.00935. The first-order valence-electron chi connectivity index (χ1n) is 6.94. The zero-order valence-corrected chi connectivity index (χ0v) is 17.4. The molecule has 0 atom stereocenters. The van der Waals surface area contributed by atoms with E-state index in [1.54, 1.807) is 0 Å². The minimum Gasteiger partial charge on any atom is -0.502 e. The molecule has 0 unspecified atom stereocenters. The van der Waals surface area contributed by atoms with Gasteiger partial charge in [0.25, 0.3) is 0 Å². The van der Waals surface area contributed by atoms with Gasteiger partial charge in [-0.15, -0.1) is 0 Å². The lowest BCUT2D eigenvalue weighted by Gasteiger charge is -2.37. The van der Waals surface area contributed by atoms with Crippen molar-refractivity contribution in [2.24, 2.45) is 0 Å². The molecule has 9 heteroatoms. The lowest BCUT2D eigenvalue weighted by molar-refractivity contribution is 0.0412. The largest absolute Gasteiger partial charge is 0.669 e.